The molecule has 2 aromatic carbocycles. The first-order valence-electron chi connectivity index (χ1n) is 8.53. The van der Waals surface area contributed by atoms with Crippen LogP contribution in [0, 0.1) is 0 Å². The zero-order chi connectivity index (χ0) is 17.2. The maximum absolute atomic E-state index is 12.6. The van der Waals surface area contributed by atoms with Crippen molar-refractivity contribution in [1.29, 1.82) is 0 Å². The first kappa shape index (κ1) is 16.2. The number of aromatic nitrogens is 1. The molecule has 1 saturated heterocycles. The van der Waals surface area contributed by atoms with Gasteiger partial charge in [-0.3, -0.25) is 9.69 Å². The van der Waals surface area contributed by atoms with E-state index in [1.54, 1.807) is 24.3 Å². The van der Waals surface area contributed by atoms with Crippen LogP contribution in [0.1, 0.15) is 15.9 Å². The Morgan fingerprint density at radius 3 is 2.48 bits per heavy atom. The maximum Gasteiger partial charge on any atom is 0.253 e. The van der Waals surface area contributed by atoms with E-state index in [4.69, 9.17) is 11.6 Å². The minimum atomic E-state index is 0.0865. The van der Waals surface area contributed by atoms with Gasteiger partial charge in [-0.05, 0) is 35.9 Å². The summed E-state index contributed by atoms with van der Waals surface area (Å²) >= 11 is 5.90. The van der Waals surface area contributed by atoms with Gasteiger partial charge >= 0.3 is 0 Å². The second-order valence-corrected chi connectivity index (χ2v) is 6.87. The number of H-pyrrole nitrogens is 1. The van der Waals surface area contributed by atoms with Crippen molar-refractivity contribution in [3.63, 3.8) is 0 Å². The number of rotatable bonds is 3. The van der Waals surface area contributed by atoms with E-state index in [0.717, 1.165) is 32.7 Å². The lowest BCUT2D eigenvalue weighted by atomic mass is 10.1. The molecule has 2 heterocycles. The van der Waals surface area contributed by atoms with E-state index in [0.29, 0.717) is 10.6 Å². The van der Waals surface area contributed by atoms with Crippen LogP contribution in [0.4, 0.5) is 0 Å². The van der Waals surface area contributed by atoms with E-state index in [9.17, 15) is 4.79 Å². The molecule has 1 N–H and O–H groups in total. The highest BCUT2D eigenvalue weighted by atomic mass is 35.5. The predicted molar refractivity (Wildman–Crippen MR) is 101 cm³/mol. The van der Waals surface area contributed by atoms with E-state index in [-0.39, 0.29) is 5.91 Å². The molecule has 0 spiro atoms. The Labute approximate surface area is 152 Å². The predicted octanol–water partition coefficient (Wildman–Crippen LogP) is 3.78. The molecule has 1 aromatic heterocycles. The number of benzene rings is 2. The number of carbonyl (C=O) groups excluding carboxylic acids is 1. The Balaban J connectivity index is 1.38. The second-order valence-electron chi connectivity index (χ2n) is 6.43. The molecule has 4 nitrogen and oxygen atoms in total. The van der Waals surface area contributed by atoms with Crippen molar-refractivity contribution in [2.24, 2.45) is 0 Å². The fraction of sp³-hybridized carbons (Fsp3) is 0.250. The Kier molecular flexibility index (Phi) is 4.47. The monoisotopic (exact) mass is 353 g/mol. The minimum absolute atomic E-state index is 0.0865. The van der Waals surface area contributed by atoms with Crippen molar-refractivity contribution >= 4 is 28.4 Å². The molecule has 0 aliphatic carbocycles. The SMILES string of the molecule is O=C(c1ccc(Cl)cc1)N1CCN(Cc2c[nH]c3ccccc23)CC1. The third kappa shape index (κ3) is 3.41. The van der Waals surface area contributed by atoms with Crippen molar-refractivity contribution in [2.75, 3.05) is 26.2 Å². The van der Waals surface area contributed by atoms with Crippen molar-refractivity contribution in [3.05, 3.63) is 70.9 Å². The van der Waals surface area contributed by atoms with Gasteiger partial charge in [0.05, 0.1) is 0 Å². The van der Waals surface area contributed by atoms with E-state index in [1.165, 1.54) is 16.5 Å². The molecular formula is C20H20ClN3O. The number of piperazine rings is 1. The summed E-state index contributed by atoms with van der Waals surface area (Å²) in [5.41, 5.74) is 3.19. The van der Waals surface area contributed by atoms with Gasteiger partial charge in [0.25, 0.3) is 5.91 Å². The van der Waals surface area contributed by atoms with Crippen LogP contribution in [0.15, 0.2) is 54.7 Å². The molecular weight excluding hydrogens is 334 g/mol. The molecule has 25 heavy (non-hydrogen) atoms. The van der Waals surface area contributed by atoms with Crippen LogP contribution >= 0.6 is 11.6 Å². The molecule has 0 saturated carbocycles. The molecule has 0 atom stereocenters. The summed E-state index contributed by atoms with van der Waals surface area (Å²) in [4.78, 5) is 20.2. The van der Waals surface area contributed by atoms with Crippen LogP contribution < -0.4 is 0 Å². The molecule has 128 valence electrons. The lowest BCUT2D eigenvalue weighted by molar-refractivity contribution is 0.0629. The van der Waals surface area contributed by atoms with Gasteiger partial charge in [-0.25, -0.2) is 0 Å². The van der Waals surface area contributed by atoms with Crippen LogP contribution in [0.5, 0.6) is 0 Å². The summed E-state index contributed by atoms with van der Waals surface area (Å²) in [6, 6.07) is 15.5. The number of nitrogens with one attached hydrogen (secondary N) is 1. The van der Waals surface area contributed by atoms with Gasteiger partial charge in [0.15, 0.2) is 0 Å². The lowest BCUT2D eigenvalue weighted by Crippen LogP contribution is -2.48. The number of carbonyl (C=O) groups is 1. The first-order valence-corrected chi connectivity index (χ1v) is 8.91. The quantitative estimate of drug-likeness (QED) is 0.778. The molecule has 0 bridgehead atoms. The van der Waals surface area contributed by atoms with Gasteiger partial charge < -0.3 is 9.88 Å². The van der Waals surface area contributed by atoms with Crippen LogP contribution in [-0.4, -0.2) is 46.9 Å². The number of hydrogen-bond acceptors (Lipinski definition) is 2. The molecule has 1 amide bonds. The number of fused-ring (bicyclic) bond motifs is 1. The molecule has 4 rings (SSSR count). The highest BCUT2D eigenvalue weighted by molar-refractivity contribution is 6.30. The first-order chi connectivity index (χ1) is 12.2. The number of hydrogen-bond donors (Lipinski definition) is 1. The fourth-order valence-corrected chi connectivity index (χ4v) is 3.51. The topological polar surface area (TPSA) is 39.3 Å². The van der Waals surface area contributed by atoms with Gasteiger partial charge in [-0.2, -0.15) is 0 Å². The van der Waals surface area contributed by atoms with Crippen LogP contribution in [0.25, 0.3) is 10.9 Å². The summed E-state index contributed by atoms with van der Waals surface area (Å²) in [6.45, 7) is 4.19. The number of nitrogens with zero attached hydrogens (tertiary/aromatic N) is 2. The smallest absolute Gasteiger partial charge is 0.253 e. The normalized spacial score (nSPS) is 15.6. The largest absolute Gasteiger partial charge is 0.361 e. The summed E-state index contributed by atoms with van der Waals surface area (Å²) in [5.74, 6) is 0.0865. The number of aromatic amines is 1. The Hall–Kier alpha value is -2.30. The summed E-state index contributed by atoms with van der Waals surface area (Å²) in [6.07, 6.45) is 2.09. The third-order valence-electron chi connectivity index (χ3n) is 4.82. The maximum atomic E-state index is 12.6. The van der Waals surface area contributed by atoms with Gasteiger partial charge in [0.2, 0.25) is 0 Å². The van der Waals surface area contributed by atoms with E-state index in [1.807, 2.05) is 11.0 Å². The van der Waals surface area contributed by atoms with Crippen molar-refractivity contribution in [1.82, 2.24) is 14.8 Å². The van der Waals surface area contributed by atoms with Gasteiger partial charge in [0, 0.05) is 60.4 Å². The van der Waals surface area contributed by atoms with Gasteiger partial charge in [-0.15, -0.1) is 0 Å². The number of halogens is 1. The average Bonchev–Trinajstić information content (AvgIpc) is 3.06. The number of para-hydroxylation sites is 1. The third-order valence-corrected chi connectivity index (χ3v) is 5.07. The van der Waals surface area contributed by atoms with E-state index >= 15 is 0 Å². The second kappa shape index (κ2) is 6.90. The molecule has 1 aliphatic rings. The Morgan fingerprint density at radius 2 is 1.72 bits per heavy atom. The molecule has 1 aliphatic heterocycles. The highest BCUT2D eigenvalue weighted by Crippen LogP contribution is 2.20. The molecule has 5 heteroatoms. The molecule has 3 aromatic rings. The van der Waals surface area contributed by atoms with Crippen LogP contribution in [-0.2, 0) is 6.54 Å². The molecule has 1 fully saturated rings. The summed E-state index contributed by atoms with van der Waals surface area (Å²) in [5, 5.41) is 1.93. The zero-order valence-electron chi connectivity index (χ0n) is 13.9. The van der Waals surface area contributed by atoms with Crippen molar-refractivity contribution in [2.45, 2.75) is 6.54 Å². The van der Waals surface area contributed by atoms with Gasteiger partial charge in [-0.1, -0.05) is 29.8 Å². The summed E-state index contributed by atoms with van der Waals surface area (Å²) in [7, 11) is 0. The van der Waals surface area contributed by atoms with E-state index < -0.39 is 0 Å². The number of amides is 1. The standard InChI is InChI=1S/C20H20ClN3O/c21-17-7-5-15(6-8-17)20(25)24-11-9-23(10-12-24)14-16-13-22-19-4-2-1-3-18(16)19/h1-8,13,22H,9-12,14H2. The molecule has 0 unspecified atom stereocenters. The summed E-state index contributed by atoms with van der Waals surface area (Å²) < 4.78 is 0. The molecule has 0 radical (unpaired) electrons. The fourth-order valence-electron chi connectivity index (χ4n) is 3.39. The average molecular weight is 354 g/mol. The van der Waals surface area contributed by atoms with Crippen LogP contribution in [0.3, 0.4) is 0 Å². The van der Waals surface area contributed by atoms with Gasteiger partial charge in [0.1, 0.15) is 0 Å². The minimum Gasteiger partial charge on any atom is -0.361 e. The highest BCUT2D eigenvalue weighted by Gasteiger charge is 2.22. The van der Waals surface area contributed by atoms with Crippen molar-refractivity contribution in [3.8, 4) is 0 Å². The Bertz CT molecular complexity index is 879. The van der Waals surface area contributed by atoms with E-state index in [2.05, 4.69) is 34.3 Å². The lowest BCUT2D eigenvalue weighted by Gasteiger charge is -2.34. The van der Waals surface area contributed by atoms with Crippen molar-refractivity contribution < 1.29 is 4.79 Å². The zero-order valence-corrected chi connectivity index (χ0v) is 14.7. The Morgan fingerprint density at radius 1 is 1.00 bits per heavy atom. The van der Waals surface area contributed by atoms with Crippen LogP contribution in [0.2, 0.25) is 5.02 Å².